The van der Waals surface area contributed by atoms with E-state index in [1.54, 1.807) is 0 Å². The van der Waals surface area contributed by atoms with Gasteiger partial charge in [-0.25, -0.2) is 8.78 Å². The number of thioether (sulfide) groups is 1. The van der Waals surface area contributed by atoms with Crippen molar-refractivity contribution in [3.8, 4) is 0 Å². The lowest BCUT2D eigenvalue weighted by atomic mass is 10.1. The molecule has 0 radical (unpaired) electrons. The Hall–Kier alpha value is -0.910. The summed E-state index contributed by atoms with van der Waals surface area (Å²) in [4.78, 5) is 0.921. The van der Waals surface area contributed by atoms with Crippen LogP contribution in [0, 0.1) is 11.6 Å². The van der Waals surface area contributed by atoms with E-state index in [1.807, 2.05) is 24.3 Å². The van der Waals surface area contributed by atoms with Gasteiger partial charge in [0, 0.05) is 15.1 Å². The van der Waals surface area contributed by atoms with Crippen LogP contribution in [0.1, 0.15) is 11.7 Å². The predicted molar refractivity (Wildman–Crippen MR) is 76.2 cm³/mol. The monoisotopic (exact) mass is 344 g/mol. The first-order valence-corrected chi connectivity index (χ1v) is 7.36. The van der Waals surface area contributed by atoms with Crippen molar-refractivity contribution in [2.45, 2.75) is 11.0 Å². The number of halogens is 3. The van der Waals surface area contributed by atoms with Crippen molar-refractivity contribution in [1.29, 1.82) is 0 Å². The van der Waals surface area contributed by atoms with Crippen molar-refractivity contribution in [1.82, 2.24) is 0 Å². The minimum Gasteiger partial charge on any atom is -0.387 e. The molecule has 0 saturated carbocycles. The summed E-state index contributed by atoms with van der Waals surface area (Å²) in [6.45, 7) is 0. The summed E-state index contributed by atoms with van der Waals surface area (Å²) in [5.74, 6) is -1.25. The minimum absolute atomic E-state index is 0.189. The molecule has 1 nitrogen and oxygen atoms in total. The van der Waals surface area contributed by atoms with Gasteiger partial charge >= 0.3 is 0 Å². The standard InChI is InChI=1S/C14H11BrF2OS/c15-9-3-1-4-10(7-9)19-8-13(18)14-11(16)5-2-6-12(14)17/h1-7,13,18H,8H2. The number of rotatable bonds is 4. The average molecular weight is 345 g/mol. The molecule has 5 heteroatoms. The summed E-state index contributed by atoms with van der Waals surface area (Å²) in [5.41, 5.74) is -0.273. The molecule has 0 saturated heterocycles. The van der Waals surface area contributed by atoms with Gasteiger partial charge in [0.2, 0.25) is 0 Å². The van der Waals surface area contributed by atoms with Gasteiger partial charge in [0.1, 0.15) is 11.6 Å². The smallest absolute Gasteiger partial charge is 0.131 e. The van der Waals surface area contributed by atoms with E-state index in [-0.39, 0.29) is 11.3 Å². The lowest BCUT2D eigenvalue weighted by molar-refractivity contribution is 0.193. The Morgan fingerprint density at radius 3 is 2.37 bits per heavy atom. The molecular formula is C14H11BrF2OS. The molecule has 0 heterocycles. The second-order valence-corrected chi connectivity index (χ2v) is 5.93. The maximum atomic E-state index is 13.5. The molecule has 1 N–H and O–H groups in total. The highest BCUT2D eigenvalue weighted by molar-refractivity contribution is 9.10. The van der Waals surface area contributed by atoms with E-state index in [0.29, 0.717) is 0 Å². The first-order valence-electron chi connectivity index (χ1n) is 5.58. The first-order chi connectivity index (χ1) is 9.08. The Morgan fingerprint density at radius 2 is 1.74 bits per heavy atom. The van der Waals surface area contributed by atoms with Crippen LogP contribution in [0.25, 0.3) is 0 Å². The van der Waals surface area contributed by atoms with Gasteiger partial charge in [-0.1, -0.05) is 28.1 Å². The third kappa shape index (κ3) is 3.78. The number of aliphatic hydroxyl groups excluding tert-OH is 1. The van der Waals surface area contributed by atoms with Crippen molar-refractivity contribution in [2.75, 3.05) is 5.75 Å². The second-order valence-electron chi connectivity index (χ2n) is 3.92. The molecule has 2 aromatic carbocycles. The third-order valence-electron chi connectivity index (χ3n) is 2.54. The van der Waals surface area contributed by atoms with Crippen LogP contribution in [0.5, 0.6) is 0 Å². The largest absolute Gasteiger partial charge is 0.387 e. The van der Waals surface area contributed by atoms with Gasteiger partial charge in [-0.3, -0.25) is 0 Å². The summed E-state index contributed by atoms with van der Waals surface area (Å²) < 4.78 is 27.9. The van der Waals surface area contributed by atoms with E-state index >= 15 is 0 Å². The topological polar surface area (TPSA) is 20.2 Å². The zero-order valence-electron chi connectivity index (χ0n) is 9.82. The Bertz CT molecular complexity index is 557. The van der Waals surface area contributed by atoms with Crippen LogP contribution in [0.15, 0.2) is 51.8 Å². The van der Waals surface area contributed by atoms with E-state index in [0.717, 1.165) is 21.5 Å². The molecule has 1 atom stereocenters. The van der Waals surface area contributed by atoms with Crippen LogP contribution in [0.2, 0.25) is 0 Å². The van der Waals surface area contributed by atoms with Gasteiger partial charge in [-0.2, -0.15) is 0 Å². The zero-order chi connectivity index (χ0) is 13.8. The lowest BCUT2D eigenvalue weighted by Crippen LogP contribution is -2.06. The van der Waals surface area contributed by atoms with Crippen LogP contribution < -0.4 is 0 Å². The molecule has 0 aliphatic rings. The average Bonchev–Trinajstić information content (AvgIpc) is 2.36. The Labute approximate surface area is 122 Å². The van der Waals surface area contributed by atoms with Crippen LogP contribution in [0.3, 0.4) is 0 Å². The maximum Gasteiger partial charge on any atom is 0.131 e. The quantitative estimate of drug-likeness (QED) is 0.821. The maximum absolute atomic E-state index is 13.5. The molecule has 100 valence electrons. The lowest BCUT2D eigenvalue weighted by Gasteiger charge is -2.12. The number of hydrogen-bond acceptors (Lipinski definition) is 2. The van der Waals surface area contributed by atoms with E-state index in [2.05, 4.69) is 15.9 Å². The summed E-state index contributed by atoms with van der Waals surface area (Å²) in [6, 6.07) is 11.1. The van der Waals surface area contributed by atoms with E-state index in [4.69, 9.17) is 0 Å². The normalized spacial score (nSPS) is 12.4. The van der Waals surface area contributed by atoms with E-state index < -0.39 is 17.7 Å². The summed E-state index contributed by atoms with van der Waals surface area (Å²) in [6.07, 6.45) is -1.18. The third-order valence-corrected chi connectivity index (χ3v) is 4.10. The molecule has 0 amide bonds. The van der Waals surface area contributed by atoms with Crippen molar-refractivity contribution >= 4 is 27.7 Å². The molecule has 0 spiro atoms. The van der Waals surface area contributed by atoms with Gasteiger partial charge in [-0.15, -0.1) is 11.8 Å². The van der Waals surface area contributed by atoms with Gasteiger partial charge in [0.25, 0.3) is 0 Å². The summed E-state index contributed by atoms with van der Waals surface area (Å²) in [5, 5.41) is 9.90. The molecule has 2 aromatic rings. The molecule has 0 bridgehead atoms. The van der Waals surface area contributed by atoms with Gasteiger partial charge in [0.15, 0.2) is 0 Å². The SMILES string of the molecule is OC(CSc1cccc(Br)c1)c1c(F)cccc1F. The summed E-state index contributed by atoms with van der Waals surface area (Å²) >= 11 is 4.68. The van der Waals surface area contributed by atoms with Crippen molar-refractivity contribution in [3.63, 3.8) is 0 Å². The van der Waals surface area contributed by atoms with Crippen LogP contribution in [-0.4, -0.2) is 10.9 Å². The molecular weight excluding hydrogens is 334 g/mol. The van der Waals surface area contributed by atoms with Crippen LogP contribution in [-0.2, 0) is 0 Å². The molecule has 0 aliphatic carbocycles. The highest BCUT2D eigenvalue weighted by Gasteiger charge is 2.17. The second kappa shape index (κ2) is 6.50. The van der Waals surface area contributed by atoms with Gasteiger partial charge in [0.05, 0.1) is 11.7 Å². The van der Waals surface area contributed by atoms with Crippen molar-refractivity contribution in [2.24, 2.45) is 0 Å². The first kappa shape index (κ1) is 14.5. The van der Waals surface area contributed by atoms with Crippen molar-refractivity contribution < 1.29 is 13.9 Å². The van der Waals surface area contributed by atoms with Gasteiger partial charge in [-0.05, 0) is 30.3 Å². The molecule has 19 heavy (non-hydrogen) atoms. The van der Waals surface area contributed by atoms with Gasteiger partial charge < -0.3 is 5.11 Å². The highest BCUT2D eigenvalue weighted by Crippen LogP contribution is 2.28. The van der Waals surface area contributed by atoms with E-state index in [1.165, 1.54) is 17.8 Å². The molecule has 0 aromatic heterocycles. The highest BCUT2D eigenvalue weighted by atomic mass is 79.9. The molecule has 1 unspecified atom stereocenters. The van der Waals surface area contributed by atoms with Crippen molar-refractivity contribution in [3.05, 3.63) is 64.1 Å². The molecule has 0 fully saturated rings. The fourth-order valence-electron chi connectivity index (χ4n) is 1.64. The van der Waals surface area contributed by atoms with Crippen LogP contribution in [0.4, 0.5) is 8.78 Å². The fourth-order valence-corrected chi connectivity index (χ4v) is 3.10. The van der Waals surface area contributed by atoms with E-state index in [9.17, 15) is 13.9 Å². The molecule has 0 aliphatic heterocycles. The number of hydrogen-bond donors (Lipinski definition) is 1. The van der Waals surface area contributed by atoms with Crippen LogP contribution >= 0.6 is 27.7 Å². The summed E-state index contributed by atoms with van der Waals surface area (Å²) in [7, 11) is 0. The Balaban J connectivity index is 2.07. The Kier molecular flexibility index (Phi) is 4.96. The minimum atomic E-state index is -1.18. The molecule has 2 rings (SSSR count). The number of benzene rings is 2. The number of aliphatic hydroxyl groups is 1. The Morgan fingerprint density at radius 1 is 1.11 bits per heavy atom. The predicted octanol–water partition coefficient (Wildman–Crippen LogP) is 4.55. The zero-order valence-corrected chi connectivity index (χ0v) is 12.2. The fraction of sp³-hybridized carbons (Fsp3) is 0.143.